The molecule has 1 aromatic rings. The van der Waals surface area contributed by atoms with E-state index in [1.165, 1.54) is 4.90 Å². The van der Waals surface area contributed by atoms with Crippen molar-refractivity contribution in [3.63, 3.8) is 0 Å². The highest BCUT2D eigenvalue weighted by molar-refractivity contribution is 14.1. The minimum Gasteiger partial charge on any atom is -0.464 e. The Morgan fingerprint density at radius 2 is 1.96 bits per heavy atom. The van der Waals surface area contributed by atoms with Gasteiger partial charge in [0, 0.05) is 10.0 Å². The van der Waals surface area contributed by atoms with E-state index in [1.807, 2.05) is 30.3 Å². The van der Waals surface area contributed by atoms with Crippen LogP contribution in [-0.4, -0.2) is 35.7 Å². The first kappa shape index (κ1) is 17.8. The van der Waals surface area contributed by atoms with Crippen LogP contribution in [0.5, 0.6) is 0 Å². The van der Waals surface area contributed by atoms with E-state index in [2.05, 4.69) is 22.6 Å². The van der Waals surface area contributed by atoms with Gasteiger partial charge in [0.2, 0.25) is 0 Å². The zero-order chi connectivity index (χ0) is 17.0. The molecule has 5 nitrogen and oxygen atoms in total. The number of hydrogen-bond acceptors (Lipinski definition) is 4. The molecule has 1 aromatic carbocycles. The summed E-state index contributed by atoms with van der Waals surface area (Å²) in [5.41, 5.74) is 1.60. The third-order valence-electron chi connectivity index (χ3n) is 3.32. The summed E-state index contributed by atoms with van der Waals surface area (Å²) in [5.74, 6) is -0.409. The Morgan fingerprint density at radius 1 is 1.30 bits per heavy atom. The van der Waals surface area contributed by atoms with Gasteiger partial charge in [0.1, 0.15) is 6.04 Å². The summed E-state index contributed by atoms with van der Waals surface area (Å²) < 4.78 is 11.4. The molecule has 0 fully saturated rings. The summed E-state index contributed by atoms with van der Waals surface area (Å²) in [6.45, 7) is 5.59. The van der Waals surface area contributed by atoms with E-state index in [9.17, 15) is 9.59 Å². The second kappa shape index (κ2) is 7.81. The third kappa shape index (κ3) is 4.04. The van der Waals surface area contributed by atoms with Crippen molar-refractivity contribution in [2.24, 2.45) is 0 Å². The minimum atomic E-state index is -0.677. The molecule has 0 aromatic heterocycles. The highest BCUT2D eigenvalue weighted by Gasteiger charge is 2.42. The zero-order valence-electron chi connectivity index (χ0n) is 13.4. The Kier molecular flexibility index (Phi) is 6.04. The van der Waals surface area contributed by atoms with Crippen molar-refractivity contribution in [2.45, 2.75) is 39.3 Å². The van der Waals surface area contributed by atoms with Gasteiger partial charge in [0.25, 0.3) is 0 Å². The van der Waals surface area contributed by atoms with Crippen LogP contribution in [0.4, 0.5) is 4.79 Å². The van der Waals surface area contributed by atoms with Gasteiger partial charge in [-0.05, 0) is 48.9 Å². The quantitative estimate of drug-likeness (QED) is 0.537. The lowest BCUT2D eigenvalue weighted by Gasteiger charge is -2.26. The SMILES string of the molecule is CCOC(=O)C1CC(I)=C(c2ccccc2)N1C(=O)OC(C)C. The molecule has 1 aliphatic rings. The maximum Gasteiger partial charge on any atom is 0.415 e. The average molecular weight is 429 g/mol. The normalized spacial score (nSPS) is 17.6. The molecule has 0 bridgehead atoms. The Bertz CT molecular complexity index is 612. The van der Waals surface area contributed by atoms with Crippen LogP contribution in [0.1, 0.15) is 32.8 Å². The largest absolute Gasteiger partial charge is 0.464 e. The van der Waals surface area contributed by atoms with Gasteiger partial charge in [-0.2, -0.15) is 0 Å². The van der Waals surface area contributed by atoms with Crippen molar-refractivity contribution >= 4 is 40.4 Å². The standard InChI is InChI=1S/C17H20INO4/c1-4-22-16(20)14-10-13(18)15(12-8-6-5-7-9-12)19(14)17(21)23-11(2)3/h5-9,11,14H,4,10H2,1-3H3. The first-order valence-electron chi connectivity index (χ1n) is 7.56. The van der Waals surface area contributed by atoms with E-state index in [0.717, 1.165) is 14.8 Å². The Labute approximate surface area is 149 Å². The molecule has 6 heteroatoms. The first-order chi connectivity index (χ1) is 11.0. The minimum absolute atomic E-state index is 0.263. The molecule has 1 unspecified atom stereocenters. The van der Waals surface area contributed by atoms with Gasteiger partial charge in [0.05, 0.1) is 18.4 Å². The number of carbonyl (C=O) groups is 2. The molecule has 1 heterocycles. The van der Waals surface area contributed by atoms with Gasteiger partial charge >= 0.3 is 12.1 Å². The number of benzene rings is 1. The van der Waals surface area contributed by atoms with Gasteiger partial charge in [0.15, 0.2) is 0 Å². The predicted octanol–water partition coefficient (Wildman–Crippen LogP) is 3.97. The maximum absolute atomic E-state index is 12.6. The molecule has 2 rings (SSSR count). The van der Waals surface area contributed by atoms with E-state index >= 15 is 0 Å². The summed E-state index contributed by atoms with van der Waals surface area (Å²) in [7, 11) is 0. The summed E-state index contributed by atoms with van der Waals surface area (Å²) in [6, 6.07) is 8.86. The van der Waals surface area contributed by atoms with Crippen molar-refractivity contribution in [1.82, 2.24) is 4.90 Å². The van der Waals surface area contributed by atoms with Gasteiger partial charge in [-0.1, -0.05) is 30.3 Å². The number of amides is 1. The fourth-order valence-electron chi connectivity index (χ4n) is 2.44. The van der Waals surface area contributed by atoms with Crippen LogP contribution in [0.3, 0.4) is 0 Å². The number of carbonyl (C=O) groups excluding carboxylic acids is 2. The van der Waals surface area contributed by atoms with Crippen LogP contribution in [0.2, 0.25) is 0 Å². The molecule has 0 N–H and O–H groups in total. The first-order valence-corrected chi connectivity index (χ1v) is 8.64. The van der Waals surface area contributed by atoms with Crippen molar-refractivity contribution < 1.29 is 19.1 Å². The number of rotatable bonds is 4. The second-order valence-corrected chi connectivity index (χ2v) is 6.70. The molecule has 0 saturated carbocycles. The molecular weight excluding hydrogens is 409 g/mol. The molecule has 1 atom stereocenters. The van der Waals surface area contributed by atoms with E-state index in [-0.39, 0.29) is 12.7 Å². The Balaban J connectivity index is 2.39. The van der Waals surface area contributed by atoms with Crippen LogP contribution in [0.15, 0.2) is 33.9 Å². The van der Waals surface area contributed by atoms with E-state index in [0.29, 0.717) is 6.42 Å². The summed E-state index contributed by atoms with van der Waals surface area (Å²) in [5, 5.41) is 0. The van der Waals surface area contributed by atoms with Crippen LogP contribution < -0.4 is 0 Å². The smallest absolute Gasteiger partial charge is 0.415 e. The number of ether oxygens (including phenoxy) is 2. The lowest BCUT2D eigenvalue weighted by atomic mass is 10.1. The monoisotopic (exact) mass is 429 g/mol. The van der Waals surface area contributed by atoms with Gasteiger partial charge in [-0.3, -0.25) is 4.90 Å². The average Bonchev–Trinajstić information content (AvgIpc) is 2.85. The van der Waals surface area contributed by atoms with E-state index < -0.39 is 18.1 Å². The fraction of sp³-hybridized carbons (Fsp3) is 0.412. The molecular formula is C17H20INO4. The van der Waals surface area contributed by atoms with Crippen molar-refractivity contribution in [2.75, 3.05) is 6.61 Å². The molecule has 0 saturated heterocycles. The molecule has 0 aliphatic carbocycles. The summed E-state index contributed by atoms with van der Waals surface area (Å²) in [4.78, 5) is 26.3. The Morgan fingerprint density at radius 3 is 2.52 bits per heavy atom. The maximum atomic E-state index is 12.6. The molecule has 0 spiro atoms. The third-order valence-corrected chi connectivity index (χ3v) is 4.27. The molecule has 1 amide bonds. The lowest BCUT2D eigenvalue weighted by Crippen LogP contribution is -2.42. The molecule has 124 valence electrons. The zero-order valence-corrected chi connectivity index (χ0v) is 15.6. The second-order valence-electron chi connectivity index (χ2n) is 5.39. The number of hydrogen-bond donors (Lipinski definition) is 0. The highest BCUT2D eigenvalue weighted by Crippen LogP contribution is 2.40. The topological polar surface area (TPSA) is 55.8 Å². The lowest BCUT2D eigenvalue weighted by molar-refractivity contribution is -0.147. The van der Waals surface area contributed by atoms with Crippen LogP contribution in [0, 0.1) is 0 Å². The number of esters is 1. The van der Waals surface area contributed by atoms with Gasteiger partial charge < -0.3 is 9.47 Å². The van der Waals surface area contributed by atoms with Crippen molar-refractivity contribution in [1.29, 1.82) is 0 Å². The predicted molar refractivity (Wildman–Crippen MR) is 95.9 cm³/mol. The number of nitrogens with zero attached hydrogens (tertiary/aromatic N) is 1. The van der Waals surface area contributed by atoms with Gasteiger partial charge in [-0.15, -0.1) is 0 Å². The summed E-state index contributed by atoms with van der Waals surface area (Å²) >= 11 is 2.18. The molecule has 0 radical (unpaired) electrons. The highest BCUT2D eigenvalue weighted by atomic mass is 127. The Hall–Kier alpha value is -1.57. The van der Waals surface area contributed by atoms with Gasteiger partial charge in [-0.25, -0.2) is 9.59 Å². The fourth-order valence-corrected chi connectivity index (χ4v) is 3.43. The van der Waals surface area contributed by atoms with Crippen molar-refractivity contribution in [3.05, 3.63) is 39.5 Å². The summed E-state index contributed by atoms with van der Waals surface area (Å²) in [6.07, 6.45) is -0.346. The molecule has 1 aliphatic heterocycles. The molecule has 23 heavy (non-hydrogen) atoms. The van der Waals surface area contributed by atoms with Crippen LogP contribution >= 0.6 is 22.6 Å². The van der Waals surface area contributed by atoms with Crippen molar-refractivity contribution in [3.8, 4) is 0 Å². The van der Waals surface area contributed by atoms with Crippen LogP contribution in [-0.2, 0) is 14.3 Å². The number of halogens is 1. The van der Waals surface area contributed by atoms with Crippen LogP contribution in [0.25, 0.3) is 5.70 Å². The van der Waals surface area contributed by atoms with E-state index in [4.69, 9.17) is 9.47 Å². The van der Waals surface area contributed by atoms with E-state index in [1.54, 1.807) is 20.8 Å².